The topological polar surface area (TPSA) is 78.1 Å². The zero-order valence-corrected chi connectivity index (χ0v) is 13.7. The van der Waals surface area contributed by atoms with E-state index in [4.69, 9.17) is 19.9 Å². The number of nitrogens with two attached hydrogens (primary N) is 1. The van der Waals surface area contributed by atoms with E-state index in [9.17, 15) is 4.39 Å². The molecule has 3 rings (SSSR count). The van der Waals surface area contributed by atoms with Gasteiger partial charge in [-0.1, -0.05) is 0 Å². The molecule has 0 saturated carbocycles. The van der Waals surface area contributed by atoms with Gasteiger partial charge in [0.25, 0.3) is 0 Å². The molecule has 2 aromatic rings. The maximum atomic E-state index is 12.8. The van der Waals surface area contributed by atoms with Crippen molar-refractivity contribution in [1.29, 1.82) is 0 Å². The van der Waals surface area contributed by atoms with E-state index in [0.29, 0.717) is 37.9 Å². The third-order valence-corrected chi connectivity index (χ3v) is 3.48. The molecule has 7 heteroatoms. The summed E-state index contributed by atoms with van der Waals surface area (Å²) in [6, 6.07) is 11.4. The van der Waals surface area contributed by atoms with Crippen molar-refractivity contribution >= 4 is 11.6 Å². The van der Waals surface area contributed by atoms with Gasteiger partial charge in [-0.15, -0.1) is 0 Å². The Labute approximate surface area is 145 Å². The Hall–Kier alpha value is -2.96. The predicted molar refractivity (Wildman–Crippen MR) is 94.1 cm³/mol. The first-order valence-corrected chi connectivity index (χ1v) is 8.06. The van der Waals surface area contributed by atoms with Crippen molar-refractivity contribution in [3.63, 3.8) is 0 Å². The van der Waals surface area contributed by atoms with Gasteiger partial charge in [0.1, 0.15) is 18.2 Å². The minimum atomic E-state index is -0.297. The quantitative estimate of drug-likeness (QED) is 0.495. The number of aliphatic imine (C=N–C) groups is 1. The Morgan fingerprint density at radius 1 is 1.12 bits per heavy atom. The van der Waals surface area contributed by atoms with E-state index in [1.807, 2.05) is 18.2 Å². The standard InChI is InChI=1S/C18H20FN3O3/c19-13-2-5-15(6-3-13)23-11-8-21-18(20)22-14-4-7-16-17(12-14)25-10-1-9-24-16/h2-7,12H,1,8-11H2,(H3,20,21,22). The highest BCUT2D eigenvalue weighted by Crippen LogP contribution is 2.32. The molecule has 1 heterocycles. The van der Waals surface area contributed by atoms with E-state index >= 15 is 0 Å². The molecule has 0 fully saturated rings. The van der Waals surface area contributed by atoms with Crippen LogP contribution >= 0.6 is 0 Å². The van der Waals surface area contributed by atoms with E-state index in [-0.39, 0.29) is 11.8 Å². The average molecular weight is 345 g/mol. The Kier molecular flexibility index (Phi) is 5.56. The minimum absolute atomic E-state index is 0.275. The number of fused-ring (bicyclic) bond motifs is 1. The molecule has 132 valence electrons. The lowest BCUT2D eigenvalue weighted by molar-refractivity contribution is 0.297. The van der Waals surface area contributed by atoms with Crippen LogP contribution in [0.2, 0.25) is 0 Å². The molecule has 25 heavy (non-hydrogen) atoms. The smallest absolute Gasteiger partial charge is 0.193 e. The molecule has 0 spiro atoms. The van der Waals surface area contributed by atoms with E-state index in [1.54, 1.807) is 12.1 Å². The van der Waals surface area contributed by atoms with Crippen LogP contribution in [0.4, 0.5) is 10.1 Å². The highest BCUT2D eigenvalue weighted by molar-refractivity contribution is 5.92. The summed E-state index contributed by atoms with van der Waals surface area (Å²) in [4.78, 5) is 4.19. The zero-order valence-electron chi connectivity index (χ0n) is 13.7. The lowest BCUT2D eigenvalue weighted by atomic mass is 10.3. The first-order chi connectivity index (χ1) is 12.2. The Bertz CT molecular complexity index is 735. The highest BCUT2D eigenvalue weighted by Gasteiger charge is 2.10. The molecule has 0 saturated heterocycles. The highest BCUT2D eigenvalue weighted by atomic mass is 19.1. The van der Waals surface area contributed by atoms with Crippen molar-refractivity contribution in [2.24, 2.45) is 10.7 Å². The maximum absolute atomic E-state index is 12.8. The Morgan fingerprint density at radius 3 is 2.68 bits per heavy atom. The van der Waals surface area contributed by atoms with Gasteiger partial charge in [-0.25, -0.2) is 9.38 Å². The van der Waals surface area contributed by atoms with Crippen molar-refractivity contribution in [2.45, 2.75) is 6.42 Å². The van der Waals surface area contributed by atoms with Crippen molar-refractivity contribution in [3.8, 4) is 17.2 Å². The van der Waals surface area contributed by atoms with E-state index in [1.165, 1.54) is 12.1 Å². The summed E-state index contributed by atoms with van der Waals surface area (Å²) in [5.74, 6) is 1.98. The average Bonchev–Trinajstić information content (AvgIpc) is 2.85. The molecule has 2 aromatic carbocycles. The van der Waals surface area contributed by atoms with Crippen LogP contribution in [0.25, 0.3) is 0 Å². The summed E-state index contributed by atoms with van der Waals surface area (Å²) in [5, 5.41) is 3.01. The second kappa shape index (κ2) is 8.23. The lowest BCUT2D eigenvalue weighted by Gasteiger charge is -2.11. The number of benzene rings is 2. The SMILES string of the molecule is NC(=NCCOc1ccc(F)cc1)Nc1ccc2c(c1)OCCCO2. The summed E-state index contributed by atoms with van der Waals surface area (Å²) >= 11 is 0. The van der Waals surface area contributed by atoms with Crippen molar-refractivity contribution < 1.29 is 18.6 Å². The van der Waals surface area contributed by atoms with Crippen molar-refractivity contribution in [1.82, 2.24) is 0 Å². The van der Waals surface area contributed by atoms with Crippen molar-refractivity contribution in [2.75, 3.05) is 31.7 Å². The number of guanidine groups is 1. The number of nitrogens with one attached hydrogen (secondary N) is 1. The van der Waals surface area contributed by atoms with Crippen LogP contribution in [0.5, 0.6) is 17.2 Å². The first kappa shape index (κ1) is 16.9. The maximum Gasteiger partial charge on any atom is 0.193 e. The van der Waals surface area contributed by atoms with E-state index in [2.05, 4.69) is 10.3 Å². The molecule has 0 bridgehead atoms. The number of hydrogen-bond acceptors (Lipinski definition) is 4. The molecular weight excluding hydrogens is 325 g/mol. The zero-order chi connectivity index (χ0) is 17.5. The van der Waals surface area contributed by atoms with Gasteiger partial charge in [0.05, 0.1) is 19.8 Å². The predicted octanol–water partition coefficient (Wildman–Crippen LogP) is 2.79. The van der Waals surface area contributed by atoms with Crippen LogP contribution in [0.15, 0.2) is 47.5 Å². The monoisotopic (exact) mass is 345 g/mol. The van der Waals surface area contributed by atoms with Crippen LogP contribution in [0, 0.1) is 5.82 Å². The normalized spacial score (nSPS) is 13.9. The summed E-state index contributed by atoms with van der Waals surface area (Å²) in [7, 11) is 0. The number of ether oxygens (including phenoxy) is 3. The molecule has 0 amide bonds. The van der Waals surface area contributed by atoms with Gasteiger partial charge in [-0.3, -0.25) is 0 Å². The second-order valence-corrected chi connectivity index (χ2v) is 5.41. The molecule has 1 aliphatic rings. The molecule has 0 aliphatic carbocycles. The number of nitrogens with zero attached hydrogens (tertiary/aromatic N) is 1. The largest absolute Gasteiger partial charge is 0.492 e. The Morgan fingerprint density at radius 2 is 1.88 bits per heavy atom. The van der Waals surface area contributed by atoms with Gasteiger partial charge in [-0.05, 0) is 36.4 Å². The van der Waals surface area contributed by atoms with Crippen molar-refractivity contribution in [3.05, 3.63) is 48.3 Å². The van der Waals surface area contributed by atoms with Gasteiger partial charge < -0.3 is 25.3 Å². The molecule has 0 atom stereocenters. The lowest BCUT2D eigenvalue weighted by Crippen LogP contribution is -2.23. The van der Waals surface area contributed by atoms with Gasteiger partial charge in [0, 0.05) is 18.2 Å². The molecule has 0 radical (unpaired) electrons. The van der Waals surface area contributed by atoms with E-state index in [0.717, 1.165) is 17.9 Å². The third kappa shape index (κ3) is 5.00. The minimum Gasteiger partial charge on any atom is -0.492 e. The van der Waals surface area contributed by atoms with Gasteiger partial charge in [0.15, 0.2) is 17.5 Å². The third-order valence-electron chi connectivity index (χ3n) is 3.48. The van der Waals surface area contributed by atoms with E-state index < -0.39 is 0 Å². The van der Waals surface area contributed by atoms with Crippen LogP contribution in [-0.4, -0.2) is 32.3 Å². The summed E-state index contributed by atoms with van der Waals surface area (Å²) in [6.45, 7) is 1.99. The fourth-order valence-electron chi connectivity index (χ4n) is 2.29. The van der Waals surface area contributed by atoms with Gasteiger partial charge in [-0.2, -0.15) is 0 Å². The van der Waals surface area contributed by atoms with Crippen LogP contribution in [0.3, 0.4) is 0 Å². The number of anilines is 1. The molecule has 6 nitrogen and oxygen atoms in total. The van der Waals surface area contributed by atoms with Gasteiger partial charge >= 0.3 is 0 Å². The molecule has 1 aliphatic heterocycles. The summed E-state index contributed by atoms with van der Waals surface area (Å²) < 4.78 is 29.5. The number of rotatable bonds is 5. The Balaban J connectivity index is 1.49. The van der Waals surface area contributed by atoms with Crippen LogP contribution < -0.4 is 25.3 Å². The fraction of sp³-hybridized carbons (Fsp3) is 0.278. The summed E-state index contributed by atoms with van der Waals surface area (Å²) in [6.07, 6.45) is 0.856. The van der Waals surface area contributed by atoms with Crippen LogP contribution in [-0.2, 0) is 0 Å². The molecule has 0 unspecified atom stereocenters. The molecular formula is C18H20FN3O3. The summed E-state index contributed by atoms with van der Waals surface area (Å²) in [5.41, 5.74) is 6.64. The van der Waals surface area contributed by atoms with Crippen LogP contribution in [0.1, 0.15) is 6.42 Å². The number of hydrogen-bond donors (Lipinski definition) is 2. The van der Waals surface area contributed by atoms with Gasteiger partial charge in [0.2, 0.25) is 0 Å². The molecule has 0 aromatic heterocycles. The number of halogens is 1. The second-order valence-electron chi connectivity index (χ2n) is 5.41. The first-order valence-electron chi connectivity index (χ1n) is 8.06. The molecule has 3 N–H and O–H groups in total. The fourth-order valence-corrected chi connectivity index (χ4v) is 2.29.